The average Bonchev–Trinajstić information content (AvgIpc) is 3.00. The summed E-state index contributed by atoms with van der Waals surface area (Å²) in [6, 6.07) is 8.83. The molecule has 0 saturated heterocycles. The van der Waals surface area contributed by atoms with Gasteiger partial charge in [-0.1, -0.05) is 46.4 Å². The van der Waals surface area contributed by atoms with Crippen molar-refractivity contribution in [3.63, 3.8) is 0 Å². The SMILES string of the molecule is CO.COC(=O)c1nc(OC)ccc1Cl.COc1ccc(Cl)c(C(=O)O)n1.C[O-].O=C(O)c1nc(Cl)ccc1Cl.O=S(Cl)Cl.[Na+]. The summed E-state index contributed by atoms with van der Waals surface area (Å²) in [7, 11) is 13.2. The molecular formula is C23H24Cl6N3NaO11S. The van der Waals surface area contributed by atoms with Gasteiger partial charge in [-0.05, 0) is 24.3 Å². The second-order valence-corrected chi connectivity index (χ2v) is 10.3. The normalized spacial score (nSPS) is 8.67. The summed E-state index contributed by atoms with van der Waals surface area (Å²) in [6.07, 6.45) is 0. The van der Waals surface area contributed by atoms with E-state index in [2.05, 4.69) is 41.1 Å². The second-order valence-electron chi connectivity index (χ2n) is 6.12. The predicted molar refractivity (Wildman–Crippen MR) is 165 cm³/mol. The third-order valence-electron chi connectivity index (χ3n) is 3.66. The van der Waals surface area contributed by atoms with Crippen LogP contribution >= 0.6 is 67.8 Å². The summed E-state index contributed by atoms with van der Waals surface area (Å²) in [5.74, 6) is -2.37. The van der Waals surface area contributed by atoms with Crippen LogP contribution in [0.1, 0.15) is 31.5 Å². The fourth-order valence-corrected chi connectivity index (χ4v) is 2.74. The van der Waals surface area contributed by atoms with E-state index < -0.39 is 27.1 Å². The number of carbonyl (C=O) groups excluding carboxylic acids is 1. The van der Waals surface area contributed by atoms with Crippen molar-refractivity contribution in [3.8, 4) is 11.8 Å². The van der Waals surface area contributed by atoms with Gasteiger partial charge in [0, 0.05) is 40.6 Å². The number of pyridine rings is 3. The van der Waals surface area contributed by atoms with Crippen molar-refractivity contribution in [2.45, 2.75) is 0 Å². The van der Waals surface area contributed by atoms with Crippen LogP contribution in [-0.4, -0.2) is 87.9 Å². The molecule has 246 valence electrons. The van der Waals surface area contributed by atoms with Crippen molar-refractivity contribution < 1.29 is 82.8 Å². The molecule has 3 rings (SSSR count). The number of aromatic carboxylic acids is 2. The molecule has 0 bridgehead atoms. The van der Waals surface area contributed by atoms with Gasteiger partial charge in [-0.15, -0.1) is 0 Å². The number of halogens is 6. The number of ether oxygens (including phenoxy) is 3. The molecule has 0 saturated carbocycles. The van der Waals surface area contributed by atoms with Crippen LogP contribution in [0.5, 0.6) is 11.8 Å². The van der Waals surface area contributed by atoms with Crippen molar-refractivity contribution >= 4 is 94.9 Å². The molecule has 0 fully saturated rings. The van der Waals surface area contributed by atoms with E-state index in [4.69, 9.17) is 80.5 Å². The number of nitrogens with zero attached hydrogens (tertiary/aromatic N) is 3. The zero-order valence-electron chi connectivity index (χ0n) is 24.1. The minimum atomic E-state index is -1.67. The van der Waals surface area contributed by atoms with Crippen molar-refractivity contribution in [1.82, 2.24) is 15.0 Å². The Hall–Kier alpha value is -1.73. The molecule has 3 N–H and O–H groups in total. The number of carbonyl (C=O) groups is 3. The van der Waals surface area contributed by atoms with E-state index in [0.717, 1.165) is 14.2 Å². The molecule has 0 aliphatic rings. The first-order valence-corrected chi connectivity index (χ1v) is 14.9. The molecule has 0 aromatic carbocycles. The summed E-state index contributed by atoms with van der Waals surface area (Å²) in [5, 5.41) is 32.9. The monoisotopic (exact) mass is 783 g/mol. The molecule has 22 heteroatoms. The van der Waals surface area contributed by atoms with E-state index in [1.54, 1.807) is 6.07 Å². The molecule has 0 aliphatic carbocycles. The zero-order chi connectivity index (χ0) is 35.0. The maximum Gasteiger partial charge on any atom is 1.00 e. The molecule has 0 amide bonds. The molecular weight excluding hydrogens is 762 g/mol. The van der Waals surface area contributed by atoms with Crippen LogP contribution in [0.15, 0.2) is 36.4 Å². The van der Waals surface area contributed by atoms with Gasteiger partial charge in [-0.25, -0.2) is 33.5 Å². The minimum absolute atomic E-state index is 0. The molecule has 45 heavy (non-hydrogen) atoms. The maximum absolute atomic E-state index is 11.1. The van der Waals surface area contributed by atoms with Gasteiger partial charge in [0.1, 0.15) is 5.15 Å². The number of rotatable bonds is 5. The Morgan fingerprint density at radius 1 is 0.689 bits per heavy atom. The fraction of sp³-hybridized carbons (Fsp3) is 0.217. The summed E-state index contributed by atoms with van der Waals surface area (Å²) in [4.78, 5) is 42.9. The Bertz CT molecular complexity index is 1360. The van der Waals surface area contributed by atoms with Crippen LogP contribution in [0.25, 0.3) is 0 Å². The first-order valence-electron chi connectivity index (χ1n) is 10.6. The van der Waals surface area contributed by atoms with Crippen LogP contribution in [0.4, 0.5) is 0 Å². The maximum atomic E-state index is 11.1. The van der Waals surface area contributed by atoms with Gasteiger partial charge in [0.05, 0.1) is 36.4 Å². The third-order valence-corrected chi connectivity index (χ3v) is 4.78. The van der Waals surface area contributed by atoms with Crippen molar-refractivity contribution in [2.24, 2.45) is 0 Å². The smallest absolute Gasteiger partial charge is 0.857 e. The van der Waals surface area contributed by atoms with Gasteiger partial charge >= 0.3 is 47.5 Å². The van der Waals surface area contributed by atoms with E-state index in [1.165, 1.54) is 51.7 Å². The molecule has 0 unspecified atom stereocenters. The van der Waals surface area contributed by atoms with Crippen molar-refractivity contribution in [3.05, 3.63) is 73.7 Å². The largest absolute Gasteiger partial charge is 1.00 e. The minimum Gasteiger partial charge on any atom is -0.857 e. The summed E-state index contributed by atoms with van der Waals surface area (Å²) in [5.41, 5.74) is -0.362. The summed E-state index contributed by atoms with van der Waals surface area (Å²) >= 11 is 22.2. The van der Waals surface area contributed by atoms with Crippen LogP contribution in [0.3, 0.4) is 0 Å². The molecule has 3 heterocycles. The first kappa shape index (κ1) is 50.1. The van der Waals surface area contributed by atoms with Gasteiger partial charge in [0.15, 0.2) is 17.1 Å². The number of esters is 1. The molecule has 14 nitrogen and oxygen atoms in total. The van der Waals surface area contributed by atoms with Gasteiger partial charge in [-0.3, -0.25) is 0 Å². The van der Waals surface area contributed by atoms with Crippen molar-refractivity contribution in [1.29, 1.82) is 0 Å². The van der Waals surface area contributed by atoms with E-state index in [9.17, 15) is 14.4 Å². The Labute approximate surface area is 311 Å². The molecule has 3 aromatic rings. The quantitative estimate of drug-likeness (QED) is 0.145. The van der Waals surface area contributed by atoms with Crippen LogP contribution < -0.4 is 44.1 Å². The molecule has 0 spiro atoms. The molecule has 0 atom stereocenters. The van der Waals surface area contributed by atoms with Gasteiger partial charge < -0.3 is 34.6 Å². The van der Waals surface area contributed by atoms with Gasteiger partial charge in [-0.2, -0.15) is 7.11 Å². The number of carboxylic acids is 2. The number of methoxy groups -OCH3 is 3. The van der Waals surface area contributed by atoms with Crippen molar-refractivity contribution in [2.75, 3.05) is 35.5 Å². The summed E-state index contributed by atoms with van der Waals surface area (Å²) < 4.78 is 23.1. The Kier molecular flexibility index (Phi) is 33.0. The van der Waals surface area contributed by atoms with E-state index in [0.29, 0.717) is 5.88 Å². The molecule has 0 aliphatic heterocycles. The van der Waals surface area contributed by atoms with E-state index >= 15 is 0 Å². The summed E-state index contributed by atoms with van der Waals surface area (Å²) in [6.45, 7) is 0. The number of aliphatic hydroxyl groups excluding tert-OH is 1. The second kappa shape index (κ2) is 29.7. The Morgan fingerprint density at radius 2 is 1.00 bits per heavy atom. The van der Waals surface area contributed by atoms with Crippen LogP contribution in [0.2, 0.25) is 20.2 Å². The molecule has 0 radical (unpaired) electrons. The average molecular weight is 786 g/mol. The van der Waals surface area contributed by atoms with Gasteiger partial charge in [0.25, 0.3) is 0 Å². The molecule has 3 aromatic heterocycles. The fourth-order valence-electron chi connectivity index (χ4n) is 2.03. The number of carboxylic acid groups (broad SMARTS) is 2. The Balaban J connectivity index is -0.000000249. The number of hydrogen-bond acceptors (Lipinski definition) is 12. The predicted octanol–water partition coefficient (Wildman–Crippen LogP) is 1.69. The van der Waals surface area contributed by atoms with Crippen LogP contribution in [0, 0.1) is 0 Å². The number of aliphatic hydroxyl groups is 1. The topological polar surface area (TPSA) is 218 Å². The Morgan fingerprint density at radius 3 is 1.31 bits per heavy atom. The van der Waals surface area contributed by atoms with Crippen LogP contribution in [-0.2, 0) is 14.0 Å². The number of aromatic nitrogens is 3. The number of hydrogen-bond donors (Lipinski definition) is 3. The van der Waals surface area contributed by atoms with E-state index in [1.807, 2.05) is 0 Å². The van der Waals surface area contributed by atoms with E-state index in [-0.39, 0.29) is 72.7 Å². The zero-order valence-corrected chi connectivity index (χ0v) is 31.4. The third kappa shape index (κ3) is 22.4. The van der Waals surface area contributed by atoms with Gasteiger partial charge in [0.2, 0.25) is 21.0 Å². The standard InChI is InChI=1S/C8H8ClNO3.C7H6ClNO3.C6H3Cl2NO2.CH4O.CH3O.Cl2OS.Na/c1-12-6-4-3-5(9)7(10-6)8(11)13-2;1-12-5-3-2-4(8)6(9-5)7(10)11;7-3-1-2-4(8)9-5(3)6(10)11;2*1-2;1-4(2)3;/h3-4H,1-2H3;2-3H,1H3,(H,10,11);1-2H,(H,10,11);2H,1H3;1H3;;/q;;;;-1;;+1. The first-order chi connectivity index (χ1) is 20.7.